The van der Waals surface area contributed by atoms with Crippen molar-refractivity contribution in [3.05, 3.63) is 17.7 Å². The van der Waals surface area contributed by atoms with Crippen LogP contribution in [0.3, 0.4) is 0 Å². The van der Waals surface area contributed by atoms with Crippen LogP contribution in [0.4, 0.5) is 4.79 Å². The van der Waals surface area contributed by atoms with Gasteiger partial charge in [-0.2, -0.15) is 0 Å². The minimum Gasteiger partial charge on any atom is -0.453 e. The Bertz CT molecular complexity index is 487. The Balaban J connectivity index is 1.71. The summed E-state index contributed by atoms with van der Waals surface area (Å²) in [6, 6.07) is 0.278. The lowest BCUT2D eigenvalue weighted by Crippen LogP contribution is -2.47. The Kier molecular flexibility index (Phi) is 3.65. The van der Waals surface area contributed by atoms with Crippen LogP contribution in [-0.2, 0) is 11.3 Å². The number of amides is 1. The molecule has 0 aromatic carbocycles. The second kappa shape index (κ2) is 5.44. The highest BCUT2D eigenvalue weighted by atomic mass is 16.5. The van der Waals surface area contributed by atoms with Crippen molar-refractivity contribution < 1.29 is 9.53 Å². The first-order valence-corrected chi connectivity index (χ1v) is 7.23. The molecule has 3 fully saturated rings. The molecule has 3 aliphatic rings. The highest BCUT2D eigenvalue weighted by Crippen LogP contribution is 2.29. The van der Waals surface area contributed by atoms with Crippen LogP contribution in [0.15, 0.2) is 6.33 Å². The maximum absolute atomic E-state index is 11.9. The molecule has 2 bridgehead atoms. The predicted octanol–water partition coefficient (Wildman–Crippen LogP) is 1.38. The maximum Gasteiger partial charge on any atom is 0.409 e. The Labute approximate surface area is 119 Å². The van der Waals surface area contributed by atoms with E-state index in [1.807, 2.05) is 4.90 Å². The third-order valence-electron chi connectivity index (χ3n) is 4.51. The molecular formula is C14H22N4O2. The van der Waals surface area contributed by atoms with Crippen molar-refractivity contribution in [2.75, 3.05) is 26.7 Å². The monoisotopic (exact) mass is 278 g/mol. The standard InChI is InChI=1S/C14H22N4O2/c1-10-13(16-9-15-10)8-17-5-11-3-4-12(7-17)18(6-11)14(19)20-2/h9,11-12H,3-8H2,1-2H3,(H,15,16)/t11-,12+/m0/s1. The van der Waals surface area contributed by atoms with E-state index in [1.54, 1.807) is 6.33 Å². The second-order valence-corrected chi connectivity index (χ2v) is 5.89. The van der Waals surface area contributed by atoms with Gasteiger partial charge in [-0.1, -0.05) is 0 Å². The van der Waals surface area contributed by atoms with E-state index in [4.69, 9.17) is 4.74 Å². The number of hydrogen-bond donors (Lipinski definition) is 1. The molecule has 110 valence electrons. The number of rotatable bonds is 2. The highest BCUT2D eigenvalue weighted by molar-refractivity contribution is 5.68. The first kappa shape index (κ1) is 13.4. The first-order chi connectivity index (χ1) is 9.67. The van der Waals surface area contributed by atoms with Gasteiger partial charge in [0.1, 0.15) is 0 Å². The zero-order chi connectivity index (χ0) is 14.1. The topological polar surface area (TPSA) is 61.5 Å². The van der Waals surface area contributed by atoms with Gasteiger partial charge in [-0.15, -0.1) is 0 Å². The molecule has 0 unspecified atom stereocenters. The number of aromatic nitrogens is 2. The number of aryl methyl sites for hydroxylation is 1. The van der Waals surface area contributed by atoms with Crippen LogP contribution in [-0.4, -0.2) is 58.6 Å². The quantitative estimate of drug-likeness (QED) is 0.888. The summed E-state index contributed by atoms with van der Waals surface area (Å²) in [6.45, 7) is 5.69. The molecule has 3 saturated heterocycles. The summed E-state index contributed by atoms with van der Waals surface area (Å²) in [5, 5.41) is 0. The molecular weight excluding hydrogens is 256 g/mol. The molecule has 0 saturated carbocycles. The van der Waals surface area contributed by atoms with Crippen molar-refractivity contribution in [1.29, 1.82) is 0 Å². The molecule has 20 heavy (non-hydrogen) atoms. The number of nitrogens with one attached hydrogen (secondary N) is 1. The number of nitrogens with zero attached hydrogens (tertiary/aromatic N) is 3. The van der Waals surface area contributed by atoms with Gasteiger partial charge in [0, 0.05) is 37.9 Å². The summed E-state index contributed by atoms with van der Waals surface area (Å²) in [6.07, 6.45) is 3.85. The first-order valence-electron chi connectivity index (χ1n) is 7.23. The van der Waals surface area contributed by atoms with E-state index in [2.05, 4.69) is 21.8 Å². The number of hydrogen-bond acceptors (Lipinski definition) is 4. The number of imidazole rings is 1. The maximum atomic E-state index is 11.9. The normalized spacial score (nSPS) is 26.6. The molecule has 2 atom stereocenters. The molecule has 1 N–H and O–H groups in total. The van der Waals surface area contributed by atoms with Crippen LogP contribution >= 0.6 is 0 Å². The Morgan fingerprint density at radius 1 is 1.45 bits per heavy atom. The van der Waals surface area contributed by atoms with Crippen LogP contribution < -0.4 is 0 Å². The van der Waals surface area contributed by atoms with Crippen molar-refractivity contribution in [2.24, 2.45) is 5.92 Å². The lowest BCUT2D eigenvalue weighted by atomic mass is 9.95. The molecule has 4 heterocycles. The number of carbonyl (C=O) groups is 1. The fourth-order valence-electron chi connectivity index (χ4n) is 3.41. The van der Waals surface area contributed by atoms with Gasteiger partial charge in [-0.25, -0.2) is 9.78 Å². The Morgan fingerprint density at radius 3 is 3.00 bits per heavy atom. The summed E-state index contributed by atoms with van der Waals surface area (Å²) in [4.78, 5) is 23.7. The van der Waals surface area contributed by atoms with Crippen LogP contribution in [0.1, 0.15) is 24.2 Å². The zero-order valence-corrected chi connectivity index (χ0v) is 12.1. The summed E-state index contributed by atoms with van der Waals surface area (Å²) in [5.41, 5.74) is 2.24. The lowest BCUT2D eigenvalue weighted by molar-refractivity contribution is 0.0833. The number of methoxy groups -OCH3 is 1. The zero-order valence-electron chi connectivity index (χ0n) is 12.1. The van der Waals surface area contributed by atoms with Crippen molar-refractivity contribution in [2.45, 2.75) is 32.4 Å². The number of aromatic amines is 1. The molecule has 0 radical (unpaired) electrons. The van der Waals surface area contributed by atoms with Crippen molar-refractivity contribution >= 4 is 6.09 Å². The molecule has 1 aromatic heterocycles. The van der Waals surface area contributed by atoms with Gasteiger partial charge in [0.2, 0.25) is 0 Å². The summed E-state index contributed by atoms with van der Waals surface area (Å²) in [7, 11) is 1.46. The summed E-state index contributed by atoms with van der Waals surface area (Å²) in [5.74, 6) is 0.548. The van der Waals surface area contributed by atoms with Gasteiger partial charge in [-0.3, -0.25) is 4.90 Å². The van der Waals surface area contributed by atoms with Gasteiger partial charge in [0.05, 0.1) is 19.1 Å². The fraction of sp³-hybridized carbons (Fsp3) is 0.714. The van der Waals surface area contributed by atoms with E-state index in [9.17, 15) is 4.79 Å². The minimum absolute atomic E-state index is 0.183. The van der Waals surface area contributed by atoms with Crippen molar-refractivity contribution in [3.63, 3.8) is 0 Å². The van der Waals surface area contributed by atoms with Gasteiger partial charge in [0.15, 0.2) is 0 Å². The van der Waals surface area contributed by atoms with Gasteiger partial charge in [0.25, 0.3) is 0 Å². The second-order valence-electron chi connectivity index (χ2n) is 5.89. The van der Waals surface area contributed by atoms with Gasteiger partial charge in [-0.05, 0) is 25.7 Å². The highest BCUT2D eigenvalue weighted by Gasteiger charge is 2.37. The molecule has 3 aliphatic heterocycles. The summed E-state index contributed by atoms with van der Waals surface area (Å²) < 4.78 is 4.91. The van der Waals surface area contributed by atoms with Crippen LogP contribution in [0.2, 0.25) is 0 Å². The molecule has 0 aliphatic carbocycles. The summed E-state index contributed by atoms with van der Waals surface area (Å²) >= 11 is 0. The van der Waals surface area contributed by atoms with Crippen molar-refractivity contribution in [3.8, 4) is 0 Å². The molecule has 6 nitrogen and oxygen atoms in total. The van der Waals surface area contributed by atoms with E-state index >= 15 is 0 Å². The average Bonchev–Trinajstić information content (AvgIpc) is 2.67. The SMILES string of the molecule is COC(=O)N1C[C@H]2CC[C@@H]1CN(Cc1nc[nH]c1C)C2. The third-order valence-corrected chi connectivity index (χ3v) is 4.51. The Hall–Kier alpha value is -1.56. The number of ether oxygens (including phenoxy) is 1. The van der Waals surface area contributed by atoms with E-state index in [-0.39, 0.29) is 12.1 Å². The predicted molar refractivity (Wildman–Crippen MR) is 74.2 cm³/mol. The smallest absolute Gasteiger partial charge is 0.409 e. The average molecular weight is 278 g/mol. The van der Waals surface area contributed by atoms with Gasteiger partial charge >= 0.3 is 6.09 Å². The van der Waals surface area contributed by atoms with E-state index in [0.717, 1.165) is 44.0 Å². The van der Waals surface area contributed by atoms with Crippen LogP contribution in [0.25, 0.3) is 0 Å². The van der Waals surface area contributed by atoms with Crippen LogP contribution in [0.5, 0.6) is 0 Å². The van der Waals surface area contributed by atoms with E-state index in [1.165, 1.54) is 13.5 Å². The van der Waals surface area contributed by atoms with E-state index < -0.39 is 0 Å². The number of carbonyl (C=O) groups excluding carboxylic acids is 1. The van der Waals surface area contributed by atoms with Gasteiger partial charge < -0.3 is 14.6 Å². The largest absolute Gasteiger partial charge is 0.453 e. The molecule has 1 amide bonds. The fourth-order valence-corrected chi connectivity index (χ4v) is 3.41. The minimum atomic E-state index is -0.183. The molecule has 4 rings (SSSR count). The number of piperidine rings is 1. The molecule has 0 spiro atoms. The molecule has 6 heteroatoms. The van der Waals surface area contributed by atoms with E-state index in [0.29, 0.717) is 5.92 Å². The van der Waals surface area contributed by atoms with Crippen molar-refractivity contribution in [1.82, 2.24) is 19.8 Å². The number of H-pyrrole nitrogens is 1. The number of fused-ring (bicyclic) bond motifs is 4. The third kappa shape index (κ3) is 2.52. The lowest BCUT2D eigenvalue weighted by Gasteiger charge is -2.34. The molecule has 1 aromatic rings. The Morgan fingerprint density at radius 2 is 2.30 bits per heavy atom. The van der Waals surface area contributed by atoms with Crippen LogP contribution in [0, 0.1) is 12.8 Å².